The third-order valence-corrected chi connectivity index (χ3v) is 4.14. The van der Waals surface area contributed by atoms with Gasteiger partial charge in [0.1, 0.15) is 0 Å². The topological polar surface area (TPSA) is 15.3 Å². The molecule has 0 aliphatic rings. The maximum Gasteiger partial charge on any atom is 0.0473 e. The van der Waals surface area contributed by atoms with Crippen LogP contribution in [0, 0.1) is 0 Å². The minimum Gasteiger partial charge on any atom is -0.312 e. The van der Waals surface area contributed by atoms with Crippen molar-refractivity contribution < 1.29 is 0 Å². The molecule has 0 aliphatic carbocycles. The highest BCUT2D eigenvalue weighted by atomic mass is 15.2. The predicted molar refractivity (Wildman–Crippen MR) is 89.2 cm³/mol. The van der Waals surface area contributed by atoms with Gasteiger partial charge < -0.3 is 5.32 Å². The Labute approximate surface area is 125 Å². The van der Waals surface area contributed by atoms with E-state index in [0.717, 1.165) is 6.42 Å². The molecule has 2 nitrogen and oxygen atoms in total. The summed E-state index contributed by atoms with van der Waals surface area (Å²) in [5, 5.41) is 3.51. The van der Waals surface area contributed by atoms with E-state index in [4.69, 9.17) is 0 Å². The van der Waals surface area contributed by atoms with Crippen molar-refractivity contribution in [1.29, 1.82) is 0 Å². The molecule has 0 aliphatic heterocycles. The van der Waals surface area contributed by atoms with Gasteiger partial charge >= 0.3 is 0 Å². The van der Waals surface area contributed by atoms with E-state index in [1.54, 1.807) is 0 Å². The number of benzene rings is 1. The summed E-state index contributed by atoms with van der Waals surface area (Å²) >= 11 is 0. The molecule has 2 atom stereocenters. The van der Waals surface area contributed by atoms with Gasteiger partial charge in [0.05, 0.1) is 0 Å². The summed E-state index contributed by atoms with van der Waals surface area (Å²) in [6.45, 7) is 11.4. The van der Waals surface area contributed by atoms with Crippen molar-refractivity contribution >= 4 is 0 Å². The molecule has 0 radical (unpaired) electrons. The van der Waals surface area contributed by atoms with E-state index in [0.29, 0.717) is 12.1 Å². The SMILES string of the molecule is CCCN(CCC)C(C)C(NC)c1ccc(CC)cc1. The molecular weight excluding hydrogens is 244 g/mol. The second kappa shape index (κ2) is 9.15. The zero-order valence-corrected chi connectivity index (χ0v) is 13.9. The Bertz CT molecular complexity index is 352. The van der Waals surface area contributed by atoms with Crippen LogP contribution in [0.5, 0.6) is 0 Å². The predicted octanol–water partition coefficient (Wildman–Crippen LogP) is 4.02. The molecule has 20 heavy (non-hydrogen) atoms. The fourth-order valence-electron chi connectivity index (χ4n) is 2.95. The number of likely N-dealkylation sites (N-methyl/N-ethyl adjacent to an activating group) is 1. The number of nitrogens with zero attached hydrogens (tertiary/aromatic N) is 1. The molecule has 0 fully saturated rings. The van der Waals surface area contributed by atoms with Gasteiger partial charge in [-0.15, -0.1) is 0 Å². The molecule has 0 aromatic heterocycles. The molecule has 0 bridgehead atoms. The van der Waals surface area contributed by atoms with E-state index >= 15 is 0 Å². The molecule has 1 aromatic carbocycles. The number of rotatable bonds is 9. The molecule has 0 heterocycles. The minimum absolute atomic E-state index is 0.402. The first-order valence-electron chi connectivity index (χ1n) is 8.17. The molecule has 0 spiro atoms. The first-order chi connectivity index (χ1) is 9.67. The monoisotopic (exact) mass is 276 g/mol. The van der Waals surface area contributed by atoms with Gasteiger partial charge in [-0.3, -0.25) is 4.90 Å². The normalized spacial score (nSPS) is 14.5. The number of hydrogen-bond acceptors (Lipinski definition) is 2. The maximum atomic E-state index is 3.51. The van der Waals surface area contributed by atoms with Crippen molar-refractivity contribution in [2.75, 3.05) is 20.1 Å². The Morgan fingerprint density at radius 1 is 1.00 bits per heavy atom. The van der Waals surface area contributed by atoms with Crippen LogP contribution in [-0.2, 0) is 6.42 Å². The molecule has 1 rings (SSSR count). The van der Waals surface area contributed by atoms with Crippen molar-refractivity contribution in [2.24, 2.45) is 0 Å². The van der Waals surface area contributed by atoms with Crippen molar-refractivity contribution in [1.82, 2.24) is 10.2 Å². The molecule has 2 unspecified atom stereocenters. The van der Waals surface area contributed by atoms with E-state index in [1.165, 1.54) is 37.1 Å². The fraction of sp³-hybridized carbons (Fsp3) is 0.667. The van der Waals surface area contributed by atoms with Gasteiger partial charge in [-0.2, -0.15) is 0 Å². The highest BCUT2D eigenvalue weighted by Crippen LogP contribution is 2.22. The number of nitrogens with one attached hydrogen (secondary N) is 1. The van der Waals surface area contributed by atoms with Gasteiger partial charge in [0, 0.05) is 12.1 Å². The van der Waals surface area contributed by atoms with Gasteiger partial charge in [0.2, 0.25) is 0 Å². The second-order valence-electron chi connectivity index (χ2n) is 5.64. The molecule has 1 aromatic rings. The molecular formula is C18H32N2. The third kappa shape index (κ3) is 4.60. The largest absolute Gasteiger partial charge is 0.312 e. The van der Waals surface area contributed by atoms with Gasteiger partial charge in [-0.05, 0) is 57.5 Å². The third-order valence-electron chi connectivity index (χ3n) is 4.14. The van der Waals surface area contributed by atoms with Gasteiger partial charge in [-0.25, -0.2) is 0 Å². The molecule has 1 N–H and O–H groups in total. The summed E-state index contributed by atoms with van der Waals surface area (Å²) in [5.41, 5.74) is 2.81. The van der Waals surface area contributed by atoms with E-state index in [1.807, 2.05) is 0 Å². The van der Waals surface area contributed by atoms with Crippen LogP contribution in [0.1, 0.15) is 57.7 Å². The van der Waals surface area contributed by atoms with Crippen LogP contribution in [0.15, 0.2) is 24.3 Å². The lowest BCUT2D eigenvalue weighted by molar-refractivity contribution is 0.172. The molecule has 0 saturated heterocycles. The lowest BCUT2D eigenvalue weighted by Crippen LogP contribution is -2.42. The fourth-order valence-corrected chi connectivity index (χ4v) is 2.95. The highest BCUT2D eigenvalue weighted by molar-refractivity contribution is 5.26. The van der Waals surface area contributed by atoms with Crippen molar-refractivity contribution in [3.05, 3.63) is 35.4 Å². The Balaban J connectivity index is 2.85. The summed E-state index contributed by atoms with van der Waals surface area (Å²) in [5.74, 6) is 0. The minimum atomic E-state index is 0.402. The Hall–Kier alpha value is -0.860. The van der Waals surface area contributed by atoms with Crippen LogP contribution in [0.3, 0.4) is 0 Å². The zero-order valence-electron chi connectivity index (χ0n) is 13.9. The van der Waals surface area contributed by atoms with Crippen molar-refractivity contribution in [3.8, 4) is 0 Å². The first kappa shape index (κ1) is 17.2. The smallest absolute Gasteiger partial charge is 0.0473 e. The molecule has 0 saturated carbocycles. The summed E-state index contributed by atoms with van der Waals surface area (Å²) in [6, 6.07) is 10.0. The lowest BCUT2D eigenvalue weighted by atomic mass is 9.97. The second-order valence-corrected chi connectivity index (χ2v) is 5.64. The van der Waals surface area contributed by atoms with Crippen LogP contribution in [0.25, 0.3) is 0 Å². The Morgan fingerprint density at radius 3 is 1.95 bits per heavy atom. The highest BCUT2D eigenvalue weighted by Gasteiger charge is 2.22. The quantitative estimate of drug-likeness (QED) is 0.733. The van der Waals surface area contributed by atoms with Crippen LogP contribution >= 0.6 is 0 Å². The summed E-state index contributed by atoms with van der Waals surface area (Å²) in [6.07, 6.45) is 3.54. The standard InChI is InChI=1S/C18H32N2/c1-6-13-20(14-7-2)15(4)18(19-5)17-11-9-16(8-3)10-12-17/h9-12,15,18-19H,6-8,13-14H2,1-5H3. The molecule has 2 heteroatoms. The van der Waals surface area contributed by atoms with E-state index in [-0.39, 0.29) is 0 Å². The average molecular weight is 276 g/mol. The van der Waals surface area contributed by atoms with Crippen LogP contribution < -0.4 is 5.32 Å². The van der Waals surface area contributed by atoms with Gasteiger partial charge in [0.15, 0.2) is 0 Å². The summed E-state index contributed by atoms with van der Waals surface area (Å²) < 4.78 is 0. The van der Waals surface area contributed by atoms with Crippen LogP contribution in [0.4, 0.5) is 0 Å². The Kier molecular flexibility index (Phi) is 7.86. The van der Waals surface area contributed by atoms with Crippen LogP contribution in [-0.4, -0.2) is 31.1 Å². The summed E-state index contributed by atoms with van der Waals surface area (Å²) in [7, 11) is 2.07. The van der Waals surface area contributed by atoms with Gasteiger partial charge in [-0.1, -0.05) is 45.0 Å². The van der Waals surface area contributed by atoms with E-state index in [2.05, 4.69) is 69.2 Å². The van der Waals surface area contributed by atoms with Crippen molar-refractivity contribution in [2.45, 2.75) is 59.0 Å². The lowest BCUT2D eigenvalue weighted by Gasteiger charge is -2.34. The number of aryl methyl sites for hydroxylation is 1. The van der Waals surface area contributed by atoms with E-state index < -0.39 is 0 Å². The summed E-state index contributed by atoms with van der Waals surface area (Å²) in [4.78, 5) is 2.61. The number of hydrogen-bond donors (Lipinski definition) is 1. The molecule has 0 amide bonds. The van der Waals surface area contributed by atoms with Gasteiger partial charge in [0.25, 0.3) is 0 Å². The maximum absolute atomic E-state index is 3.51. The van der Waals surface area contributed by atoms with Crippen molar-refractivity contribution in [3.63, 3.8) is 0 Å². The van der Waals surface area contributed by atoms with Crippen LogP contribution in [0.2, 0.25) is 0 Å². The average Bonchev–Trinajstić information content (AvgIpc) is 2.48. The Morgan fingerprint density at radius 2 is 1.55 bits per heavy atom. The molecule has 114 valence electrons. The first-order valence-corrected chi connectivity index (χ1v) is 8.17. The zero-order chi connectivity index (χ0) is 15.0. The van der Waals surface area contributed by atoms with E-state index in [9.17, 15) is 0 Å².